The van der Waals surface area contributed by atoms with Gasteiger partial charge < -0.3 is 9.47 Å². The van der Waals surface area contributed by atoms with Crippen molar-refractivity contribution in [2.75, 3.05) is 7.11 Å². The van der Waals surface area contributed by atoms with Crippen molar-refractivity contribution in [3.63, 3.8) is 0 Å². The smallest absolute Gasteiger partial charge is 0.338 e. The first-order chi connectivity index (χ1) is 18.9. The van der Waals surface area contributed by atoms with Crippen LogP contribution in [0.1, 0.15) is 36.1 Å². The Labute approximate surface area is 251 Å². The van der Waals surface area contributed by atoms with Crippen LogP contribution < -0.4 is 19.6 Å². The fraction of sp³-hybridized carbons (Fsp3) is 0.167. The van der Waals surface area contributed by atoms with E-state index in [1.165, 1.54) is 18.4 Å². The molecule has 1 atom stereocenters. The Balaban J connectivity index is 1.58. The summed E-state index contributed by atoms with van der Waals surface area (Å²) in [6.45, 7) is 2.40. The van der Waals surface area contributed by atoms with Crippen LogP contribution >= 0.6 is 49.9 Å². The minimum atomic E-state index is -0.618. The van der Waals surface area contributed by atoms with Gasteiger partial charge in [0, 0.05) is 0 Å². The molecule has 0 saturated heterocycles. The second-order valence-electron chi connectivity index (χ2n) is 8.79. The molecule has 0 amide bonds. The lowest BCUT2D eigenvalue weighted by atomic mass is 9.95. The largest absolute Gasteiger partial charge is 0.487 e. The molecule has 0 aliphatic carbocycles. The van der Waals surface area contributed by atoms with Crippen molar-refractivity contribution in [2.45, 2.75) is 26.0 Å². The normalized spacial score (nSPS) is 15.1. The van der Waals surface area contributed by atoms with Gasteiger partial charge in [0.1, 0.15) is 12.4 Å². The van der Waals surface area contributed by atoms with Crippen LogP contribution in [0.4, 0.5) is 0 Å². The maximum Gasteiger partial charge on any atom is 0.338 e. The summed E-state index contributed by atoms with van der Waals surface area (Å²) in [6, 6.07) is 22.8. The number of nitrogens with zero attached hydrogens (tertiary/aromatic N) is 2. The molecule has 1 aromatic heterocycles. The number of rotatable bonds is 7. The Morgan fingerprint density at radius 3 is 2.46 bits per heavy atom. The van der Waals surface area contributed by atoms with Gasteiger partial charge in [-0.1, -0.05) is 78.9 Å². The second kappa shape index (κ2) is 12.0. The van der Waals surface area contributed by atoms with E-state index in [9.17, 15) is 9.59 Å². The van der Waals surface area contributed by atoms with Crippen LogP contribution in [0.5, 0.6) is 5.75 Å². The highest BCUT2D eigenvalue weighted by Gasteiger charge is 2.33. The molecule has 9 heteroatoms. The van der Waals surface area contributed by atoms with Crippen LogP contribution in [0.25, 0.3) is 6.08 Å². The number of thiazole rings is 1. The minimum Gasteiger partial charge on any atom is -0.487 e. The average molecular weight is 715 g/mol. The first-order valence-corrected chi connectivity index (χ1v) is 14.9. The summed E-state index contributed by atoms with van der Waals surface area (Å²) in [4.78, 5) is 32.0. The van der Waals surface area contributed by atoms with Crippen molar-refractivity contribution in [1.29, 1.82) is 0 Å². The van der Waals surface area contributed by atoms with Crippen molar-refractivity contribution < 1.29 is 14.3 Å². The summed E-state index contributed by atoms with van der Waals surface area (Å²) in [7, 11) is 1.35. The summed E-state index contributed by atoms with van der Waals surface area (Å²) < 4.78 is 15.1. The van der Waals surface area contributed by atoms with E-state index in [0.717, 1.165) is 30.5 Å². The molecule has 1 aliphatic heterocycles. The number of carbonyl (C=O) groups excluding carboxylic acids is 1. The van der Waals surface area contributed by atoms with Gasteiger partial charge in [-0.25, -0.2) is 9.79 Å². The van der Waals surface area contributed by atoms with Crippen molar-refractivity contribution in [3.05, 3.63) is 128 Å². The predicted molar refractivity (Wildman–Crippen MR) is 164 cm³/mol. The highest BCUT2D eigenvalue weighted by molar-refractivity contribution is 14.1. The molecule has 0 radical (unpaired) electrons. The number of methoxy groups -OCH3 is 1. The Morgan fingerprint density at radius 2 is 1.82 bits per heavy atom. The lowest BCUT2D eigenvalue weighted by molar-refractivity contribution is -0.136. The predicted octanol–water partition coefficient (Wildman–Crippen LogP) is 5.74. The minimum absolute atomic E-state index is 0.209. The van der Waals surface area contributed by atoms with Gasteiger partial charge >= 0.3 is 5.97 Å². The Morgan fingerprint density at radius 1 is 1.13 bits per heavy atom. The van der Waals surface area contributed by atoms with Crippen molar-refractivity contribution in [2.24, 2.45) is 4.99 Å². The molecule has 0 unspecified atom stereocenters. The van der Waals surface area contributed by atoms with Gasteiger partial charge in [0.2, 0.25) is 0 Å². The molecule has 1 aliphatic rings. The molecular weight excluding hydrogens is 691 g/mol. The lowest BCUT2D eigenvalue weighted by Crippen LogP contribution is -2.40. The van der Waals surface area contributed by atoms with Gasteiger partial charge in [0.15, 0.2) is 4.80 Å². The second-order valence-corrected chi connectivity index (χ2v) is 11.8. The molecule has 2 heterocycles. The number of aromatic nitrogens is 1. The van der Waals surface area contributed by atoms with E-state index < -0.39 is 12.0 Å². The van der Waals surface area contributed by atoms with E-state index in [0.29, 0.717) is 33.6 Å². The van der Waals surface area contributed by atoms with Gasteiger partial charge in [-0.3, -0.25) is 9.36 Å². The zero-order valence-corrected chi connectivity index (χ0v) is 25.7. The third-order valence-corrected chi connectivity index (χ3v) is 8.68. The molecule has 6 nitrogen and oxygen atoms in total. The maximum absolute atomic E-state index is 13.8. The Bertz CT molecular complexity index is 1720. The number of benzene rings is 3. The van der Waals surface area contributed by atoms with Crippen LogP contribution in [-0.4, -0.2) is 17.6 Å². The average Bonchev–Trinajstić information content (AvgIpc) is 3.26. The van der Waals surface area contributed by atoms with Crippen molar-refractivity contribution >= 4 is 61.9 Å². The number of ether oxygens (including phenoxy) is 2. The van der Waals surface area contributed by atoms with E-state index in [-0.39, 0.29) is 5.56 Å². The number of halogens is 2. The molecule has 0 spiro atoms. The SMILES string of the molecule is CCC1=C(C(=O)OC)[C@H](c2ccccc2)n2c(s/c(=C\c3cc(Br)c(OCc4ccccc4)c(I)c3)c2=O)=N1. The molecule has 0 N–H and O–H groups in total. The third kappa shape index (κ3) is 5.66. The standard InChI is InChI=1S/C30H24BrIN2O4S/c1-3-23-25(29(36)37-2)26(20-12-8-5-9-13-20)34-28(35)24(39-30(34)33-23)16-19-14-21(31)27(22(32)15-19)38-17-18-10-6-4-7-11-18/h4-16,26H,3,17H2,1-2H3/b24-16-/t26-/m0/s1. The zero-order valence-electron chi connectivity index (χ0n) is 21.2. The van der Waals surface area contributed by atoms with E-state index in [2.05, 4.69) is 38.5 Å². The Kier molecular flexibility index (Phi) is 8.49. The van der Waals surface area contributed by atoms with Crippen molar-refractivity contribution in [3.8, 4) is 5.75 Å². The van der Waals surface area contributed by atoms with Crippen LogP contribution in [0.2, 0.25) is 0 Å². The van der Waals surface area contributed by atoms with E-state index >= 15 is 0 Å². The first kappa shape index (κ1) is 27.5. The van der Waals surface area contributed by atoms with Gasteiger partial charge in [-0.15, -0.1) is 0 Å². The van der Waals surface area contributed by atoms with E-state index in [1.807, 2.05) is 85.8 Å². The quantitative estimate of drug-likeness (QED) is 0.181. The first-order valence-electron chi connectivity index (χ1n) is 12.2. The fourth-order valence-electron chi connectivity index (χ4n) is 4.50. The number of hydrogen-bond donors (Lipinski definition) is 0. The number of allylic oxidation sites excluding steroid dienone is 1. The summed E-state index contributed by atoms with van der Waals surface area (Å²) in [6.07, 6.45) is 2.39. The van der Waals surface area contributed by atoms with E-state index in [1.54, 1.807) is 4.57 Å². The molecule has 4 aromatic rings. The maximum atomic E-state index is 13.8. The molecule has 198 valence electrons. The molecule has 5 rings (SSSR count). The molecule has 39 heavy (non-hydrogen) atoms. The van der Waals surface area contributed by atoms with E-state index in [4.69, 9.17) is 14.5 Å². The summed E-state index contributed by atoms with van der Waals surface area (Å²) in [5, 5.41) is 0. The van der Waals surface area contributed by atoms with Crippen LogP contribution in [0, 0.1) is 3.57 Å². The Hall–Kier alpha value is -3.02. The van der Waals surface area contributed by atoms with Crippen molar-refractivity contribution in [1.82, 2.24) is 4.57 Å². The number of fused-ring (bicyclic) bond motifs is 1. The van der Waals surface area contributed by atoms with Gasteiger partial charge in [0.05, 0.1) is 37.0 Å². The molecule has 0 bridgehead atoms. The fourth-order valence-corrected chi connectivity index (χ4v) is 7.29. The van der Waals surface area contributed by atoms with Crippen LogP contribution in [0.3, 0.4) is 0 Å². The molecule has 3 aromatic carbocycles. The summed E-state index contributed by atoms with van der Waals surface area (Å²) >= 11 is 7.20. The molecule has 0 fully saturated rings. The highest BCUT2D eigenvalue weighted by atomic mass is 127. The molecular formula is C30H24BrIN2O4S. The number of hydrogen-bond acceptors (Lipinski definition) is 6. The zero-order chi connectivity index (χ0) is 27.5. The number of esters is 1. The number of carbonyl (C=O) groups is 1. The highest BCUT2D eigenvalue weighted by Crippen LogP contribution is 2.34. The van der Waals surface area contributed by atoms with Crippen LogP contribution in [0.15, 0.2) is 98.3 Å². The molecule has 0 saturated carbocycles. The lowest BCUT2D eigenvalue weighted by Gasteiger charge is -2.25. The van der Waals surface area contributed by atoms with Gasteiger partial charge in [-0.2, -0.15) is 0 Å². The third-order valence-electron chi connectivity index (χ3n) is 6.31. The summed E-state index contributed by atoms with van der Waals surface area (Å²) in [5.41, 5.74) is 3.56. The topological polar surface area (TPSA) is 69.9 Å². The van der Waals surface area contributed by atoms with Crippen LogP contribution in [-0.2, 0) is 16.1 Å². The monoisotopic (exact) mass is 714 g/mol. The summed E-state index contributed by atoms with van der Waals surface area (Å²) in [5.74, 6) is 0.265. The van der Waals surface area contributed by atoms with Gasteiger partial charge in [-0.05, 0) is 79.8 Å². The van der Waals surface area contributed by atoms with Gasteiger partial charge in [0.25, 0.3) is 5.56 Å².